The standard InChI is InChI=1S/C12H13N5OS/c1-8-10(7-14-15-12(13)19)11(18)17(16-8)9-5-3-2-4-6-9/h2-7,10H,1H3,(H3,13,15,19)/b14-7-/t10-/m0/s1. The van der Waals surface area contributed by atoms with Gasteiger partial charge in [-0.05, 0) is 31.3 Å². The van der Waals surface area contributed by atoms with Gasteiger partial charge in [-0.2, -0.15) is 15.2 Å². The van der Waals surface area contributed by atoms with Crippen molar-refractivity contribution in [3.8, 4) is 0 Å². The van der Waals surface area contributed by atoms with Crippen LogP contribution >= 0.6 is 12.2 Å². The Morgan fingerprint density at radius 3 is 2.84 bits per heavy atom. The van der Waals surface area contributed by atoms with Crippen LogP contribution in [0.15, 0.2) is 40.5 Å². The van der Waals surface area contributed by atoms with E-state index in [1.807, 2.05) is 30.3 Å². The fraction of sp³-hybridized carbons (Fsp3) is 0.167. The van der Waals surface area contributed by atoms with Gasteiger partial charge in [0, 0.05) is 6.21 Å². The van der Waals surface area contributed by atoms with Gasteiger partial charge in [0.2, 0.25) is 0 Å². The fourth-order valence-corrected chi connectivity index (χ4v) is 1.73. The van der Waals surface area contributed by atoms with Crippen molar-refractivity contribution in [1.29, 1.82) is 0 Å². The van der Waals surface area contributed by atoms with Gasteiger partial charge in [-0.15, -0.1) is 0 Å². The molecule has 1 aromatic carbocycles. The number of carbonyl (C=O) groups is 1. The molecule has 98 valence electrons. The summed E-state index contributed by atoms with van der Waals surface area (Å²) >= 11 is 4.62. The molecule has 0 radical (unpaired) electrons. The number of carbonyl (C=O) groups excluding carboxylic acids is 1. The zero-order chi connectivity index (χ0) is 13.8. The minimum atomic E-state index is -0.498. The maximum atomic E-state index is 12.2. The Kier molecular flexibility index (Phi) is 3.86. The number of hydrogen-bond donors (Lipinski definition) is 2. The second-order valence-electron chi connectivity index (χ2n) is 3.96. The Balaban J connectivity index is 2.15. The molecule has 0 saturated heterocycles. The van der Waals surface area contributed by atoms with Crippen molar-refractivity contribution >= 4 is 40.9 Å². The molecule has 1 atom stereocenters. The number of nitrogens with one attached hydrogen (secondary N) is 1. The number of hydrogen-bond acceptors (Lipinski definition) is 4. The lowest BCUT2D eigenvalue weighted by Gasteiger charge is -2.12. The van der Waals surface area contributed by atoms with Gasteiger partial charge in [-0.3, -0.25) is 10.2 Å². The van der Waals surface area contributed by atoms with E-state index < -0.39 is 5.92 Å². The Morgan fingerprint density at radius 1 is 1.53 bits per heavy atom. The van der Waals surface area contributed by atoms with E-state index in [0.29, 0.717) is 5.71 Å². The van der Waals surface area contributed by atoms with Crippen LogP contribution in [-0.2, 0) is 4.79 Å². The van der Waals surface area contributed by atoms with Crippen LogP contribution in [0.5, 0.6) is 0 Å². The van der Waals surface area contributed by atoms with Crippen LogP contribution in [0.4, 0.5) is 5.69 Å². The van der Waals surface area contributed by atoms with E-state index in [0.717, 1.165) is 5.69 Å². The van der Waals surface area contributed by atoms with Gasteiger partial charge in [0.25, 0.3) is 5.91 Å². The van der Waals surface area contributed by atoms with Gasteiger partial charge in [0.15, 0.2) is 5.11 Å². The lowest BCUT2D eigenvalue weighted by Crippen LogP contribution is -2.30. The maximum absolute atomic E-state index is 12.2. The molecule has 0 unspecified atom stereocenters. The summed E-state index contributed by atoms with van der Waals surface area (Å²) in [5.41, 5.74) is 9.06. The summed E-state index contributed by atoms with van der Waals surface area (Å²) in [5.74, 6) is -0.653. The minimum absolute atomic E-state index is 0.0520. The minimum Gasteiger partial charge on any atom is -0.375 e. The molecule has 19 heavy (non-hydrogen) atoms. The molecule has 1 aromatic rings. The van der Waals surface area contributed by atoms with E-state index in [1.54, 1.807) is 6.92 Å². The number of anilines is 1. The van der Waals surface area contributed by atoms with Gasteiger partial charge in [0.1, 0.15) is 5.92 Å². The molecular weight excluding hydrogens is 262 g/mol. The fourth-order valence-electron chi connectivity index (χ4n) is 1.68. The van der Waals surface area contributed by atoms with Crippen molar-refractivity contribution in [2.45, 2.75) is 6.92 Å². The quantitative estimate of drug-likeness (QED) is 0.486. The van der Waals surface area contributed by atoms with Crippen LogP contribution in [0, 0.1) is 5.92 Å². The molecule has 6 nitrogen and oxygen atoms in total. The molecule has 0 fully saturated rings. The third kappa shape index (κ3) is 2.94. The second-order valence-corrected chi connectivity index (χ2v) is 4.40. The lowest BCUT2D eigenvalue weighted by molar-refractivity contribution is -0.118. The number of benzene rings is 1. The van der Waals surface area contributed by atoms with Crippen LogP contribution < -0.4 is 16.2 Å². The molecule has 0 spiro atoms. The van der Waals surface area contributed by atoms with Crippen molar-refractivity contribution in [1.82, 2.24) is 5.43 Å². The Bertz CT molecular complexity index is 554. The number of rotatable bonds is 3. The monoisotopic (exact) mass is 275 g/mol. The average molecular weight is 275 g/mol. The number of para-hydroxylation sites is 1. The van der Waals surface area contributed by atoms with Crippen LogP contribution in [0.3, 0.4) is 0 Å². The van der Waals surface area contributed by atoms with Gasteiger partial charge < -0.3 is 5.73 Å². The molecule has 3 N–H and O–H groups in total. The molecule has 1 heterocycles. The summed E-state index contributed by atoms with van der Waals surface area (Å²) in [6.45, 7) is 1.78. The van der Waals surface area contributed by atoms with Crippen LogP contribution in [0.1, 0.15) is 6.92 Å². The number of thiocarbonyl (C=S) groups is 1. The van der Waals surface area contributed by atoms with Gasteiger partial charge in [0.05, 0.1) is 11.4 Å². The summed E-state index contributed by atoms with van der Waals surface area (Å²) in [7, 11) is 0. The Hall–Kier alpha value is -2.28. The van der Waals surface area contributed by atoms with E-state index in [1.165, 1.54) is 11.2 Å². The molecule has 7 heteroatoms. The summed E-state index contributed by atoms with van der Waals surface area (Å²) in [5, 5.41) is 9.47. The highest BCUT2D eigenvalue weighted by molar-refractivity contribution is 7.80. The molecule has 2 rings (SSSR count). The normalized spacial score (nSPS) is 18.8. The van der Waals surface area contributed by atoms with Crippen molar-refractivity contribution < 1.29 is 4.79 Å². The molecule has 1 aliphatic rings. The predicted octanol–water partition coefficient (Wildman–Crippen LogP) is 0.844. The first-order chi connectivity index (χ1) is 9.09. The smallest absolute Gasteiger partial charge is 0.261 e. The van der Waals surface area contributed by atoms with E-state index in [2.05, 4.69) is 27.8 Å². The second kappa shape index (κ2) is 5.57. The van der Waals surface area contributed by atoms with Gasteiger partial charge in [-0.25, -0.2) is 0 Å². The van der Waals surface area contributed by atoms with E-state index in [9.17, 15) is 4.79 Å². The highest BCUT2D eigenvalue weighted by atomic mass is 32.1. The zero-order valence-electron chi connectivity index (χ0n) is 10.3. The largest absolute Gasteiger partial charge is 0.375 e. The number of hydrazone groups is 2. The highest BCUT2D eigenvalue weighted by Gasteiger charge is 2.33. The molecule has 0 bridgehead atoms. The molecule has 1 amide bonds. The van der Waals surface area contributed by atoms with Gasteiger partial charge >= 0.3 is 0 Å². The third-order valence-electron chi connectivity index (χ3n) is 2.58. The summed E-state index contributed by atoms with van der Waals surface area (Å²) < 4.78 is 0. The lowest BCUT2D eigenvalue weighted by atomic mass is 10.1. The summed E-state index contributed by atoms with van der Waals surface area (Å²) in [6, 6.07) is 9.22. The number of nitrogens with zero attached hydrogens (tertiary/aromatic N) is 3. The van der Waals surface area contributed by atoms with Crippen molar-refractivity contribution in [2.24, 2.45) is 21.9 Å². The van der Waals surface area contributed by atoms with Crippen molar-refractivity contribution in [2.75, 3.05) is 5.01 Å². The van der Waals surface area contributed by atoms with Crippen molar-refractivity contribution in [3.63, 3.8) is 0 Å². The number of amides is 1. The summed E-state index contributed by atoms with van der Waals surface area (Å²) in [4.78, 5) is 12.2. The van der Waals surface area contributed by atoms with E-state index in [4.69, 9.17) is 5.73 Å². The Labute approximate surface area is 116 Å². The first-order valence-corrected chi connectivity index (χ1v) is 6.03. The van der Waals surface area contributed by atoms with Crippen LogP contribution in [-0.4, -0.2) is 22.9 Å². The molecule has 0 saturated carbocycles. The van der Waals surface area contributed by atoms with Crippen molar-refractivity contribution in [3.05, 3.63) is 30.3 Å². The molecule has 0 aromatic heterocycles. The topological polar surface area (TPSA) is 83.1 Å². The molecular formula is C12H13N5OS. The van der Waals surface area contributed by atoms with Crippen LogP contribution in [0.2, 0.25) is 0 Å². The molecule has 0 aliphatic carbocycles. The SMILES string of the molecule is CC1=NN(c2ccccc2)C(=O)[C@H]1/C=N\NC(N)=S. The average Bonchev–Trinajstić information content (AvgIpc) is 2.67. The van der Waals surface area contributed by atoms with E-state index >= 15 is 0 Å². The first-order valence-electron chi connectivity index (χ1n) is 5.62. The van der Waals surface area contributed by atoms with Gasteiger partial charge in [-0.1, -0.05) is 18.2 Å². The maximum Gasteiger partial charge on any atom is 0.261 e. The zero-order valence-corrected chi connectivity index (χ0v) is 11.1. The first kappa shape index (κ1) is 13.2. The van der Waals surface area contributed by atoms with Crippen LogP contribution in [0.25, 0.3) is 0 Å². The predicted molar refractivity (Wildman–Crippen MR) is 78.9 cm³/mol. The highest BCUT2D eigenvalue weighted by Crippen LogP contribution is 2.22. The summed E-state index contributed by atoms with van der Waals surface area (Å²) in [6.07, 6.45) is 1.45. The number of nitrogens with two attached hydrogens (primary N) is 1. The Morgan fingerprint density at radius 2 is 2.21 bits per heavy atom. The molecule has 1 aliphatic heterocycles. The third-order valence-corrected chi connectivity index (χ3v) is 2.67. The van der Waals surface area contributed by atoms with E-state index in [-0.39, 0.29) is 11.0 Å².